The minimum Gasteiger partial charge on any atom is -0.399 e. The number of unbranched alkanes of at least 4 members (excludes halogenated alkanes) is 13. The van der Waals surface area contributed by atoms with Crippen molar-refractivity contribution in [2.24, 2.45) is 0 Å². The van der Waals surface area contributed by atoms with E-state index in [9.17, 15) is 0 Å². The SMILES string of the molecule is CCC(c1ccc(CCCCCCCCCCCCCCCCc2ccc(C(CC)c3ccc(N)cc3C)cc2)cc1)c1ccc(N)cc1C. The average molecular weight is 673 g/mol. The second-order valence-corrected chi connectivity index (χ2v) is 15.1. The van der Waals surface area contributed by atoms with Crippen LogP contribution in [-0.2, 0) is 12.8 Å². The minimum atomic E-state index is 0.446. The van der Waals surface area contributed by atoms with Gasteiger partial charge in [-0.1, -0.05) is 152 Å². The lowest BCUT2D eigenvalue weighted by Crippen LogP contribution is -2.03. The summed E-state index contributed by atoms with van der Waals surface area (Å²) in [7, 11) is 0. The van der Waals surface area contributed by atoms with Crippen LogP contribution in [0.15, 0.2) is 84.9 Å². The summed E-state index contributed by atoms with van der Waals surface area (Å²) in [6.07, 6.45) is 24.1. The molecule has 2 unspecified atom stereocenters. The second-order valence-electron chi connectivity index (χ2n) is 15.1. The van der Waals surface area contributed by atoms with Crippen molar-refractivity contribution in [3.05, 3.63) is 129 Å². The van der Waals surface area contributed by atoms with Crippen LogP contribution in [0.4, 0.5) is 11.4 Å². The Balaban J connectivity index is 0.960. The van der Waals surface area contributed by atoms with E-state index in [-0.39, 0.29) is 0 Å². The van der Waals surface area contributed by atoms with E-state index in [0.29, 0.717) is 11.8 Å². The second kappa shape index (κ2) is 21.6. The van der Waals surface area contributed by atoms with Gasteiger partial charge < -0.3 is 11.5 Å². The van der Waals surface area contributed by atoms with Crippen LogP contribution < -0.4 is 11.5 Å². The first-order chi connectivity index (χ1) is 24.4. The zero-order chi connectivity index (χ0) is 35.6. The molecular weight excluding hydrogens is 605 g/mol. The molecule has 0 spiro atoms. The van der Waals surface area contributed by atoms with Crippen LogP contribution in [0, 0.1) is 13.8 Å². The molecule has 2 atom stereocenters. The van der Waals surface area contributed by atoms with Crippen LogP contribution in [0.2, 0.25) is 0 Å². The molecule has 0 saturated heterocycles. The van der Waals surface area contributed by atoms with E-state index in [1.54, 1.807) is 0 Å². The molecule has 0 aliphatic rings. The Hall–Kier alpha value is -3.52. The molecule has 0 bridgehead atoms. The van der Waals surface area contributed by atoms with Gasteiger partial charge in [-0.3, -0.25) is 0 Å². The van der Waals surface area contributed by atoms with E-state index < -0.39 is 0 Å². The van der Waals surface area contributed by atoms with Gasteiger partial charge in [-0.15, -0.1) is 0 Å². The van der Waals surface area contributed by atoms with Gasteiger partial charge in [0.15, 0.2) is 0 Å². The predicted molar refractivity (Wildman–Crippen MR) is 220 cm³/mol. The number of nitrogens with two attached hydrogens (primary N) is 2. The third-order valence-corrected chi connectivity index (χ3v) is 11.1. The summed E-state index contributed by atoms with van der Waals surface area (Å²) in [5.41, 5.74) is 24.9. The van der Waals surface area contributed by atoms with E-state index in [1.165, 1.54) is 147 Å². The van der Waals surface area contributed by atoms with Gasteiger partial charge in [0, 0.05) is 23.2 Å². The number of hydrogen-bond acceptors (Lipinski definition) is 2. The Labute approximate surface area is 306 Å². The molecule has 4 aromatic rings. The van der Waals surface area contributed by atoms with E-state index in [0.717, 1.165) is 24.2 Å². The van der Waals surface area contributed by atoms with E-state index in [2.05, 4.69) is 100 Å². The predicted octanol–water partition coefficient (Wildman–Crippen LogP) is 13.8. The summed E-state index contributed by atoms with van der Waals surface area (Å²) in [5, 5.41) is 0. The molecule has 0 saturated carbocycles. The fourth-order valence-corrected chi connectivity index (χ4v) is 8.06. The molecule has 4 N–H and O–H groups in total. The number of aryl methyl sites for hydroxylation is 4. The molecule has 0 radical (unpaired) electrons. The molecule has 0 aromatic heterocycles. The van der Waals surface area contributed by atoms with Crippen LogP contribution in [0.5, 0.6) is 0 Å². The zero-order valence-electron chi connectivity index (χ0n) is 32.1. The van der Waals surface area contributed by atoms with Crippen LogP contribution in [0.3, 0.4) is 0 Å². The Morgan fingerprint density at radius 2 is 0.700 bits per heavy atom. The highest BCUT2D eigenvalue weighted by atomic mass is 14.5. The zero-order valence-corrected chi connectivity index (χ0v) is 32.1. The van der Waals surface area contributed by atoms with Crippen molar-refractivity contribution in [2.75, 3.05) is 11.5 Å². The molecule has 0 fully saturated rings. The topological polar surface area (TPSA) is 52.0 Å². The molecule has 0 aliphatic carbocycles. The first-order valence-electron chi connectivity index (χ1n) is 20.3. The maximum absolute atomic E-state index is 5.99. The molecule has 0 amide bonds. The van der Waals surface area contributed by atoms with E-state index in [1.807, 2.05) is 12.1 Å². The third-order valence-electron chi connectivity index (χ3n) is 11.1. The summed E-state index contributed by atoms with van der Waals surface area (Å²) >= 11 is 0. The van der Waals surface area contributed by atoms with E-state index >= 15 is 0 Å². The van der Waals surface area contributed by atoms with Gasteiger partial charge in [0.1, 0.15) is 0 Å². The summed E-state index contributed by atoms with van der Waals surface area (Å²) < 4.78 is 0. The molecule has 270 valence electrons. The fourth-order valence-electron chi connectivity index (χ4n) is 8.06. The summed E-state index contributed by atoms with van der Waals surface area (Å²) in [4.78, 5) is 0. The monoisotopic (exact) mass is 673 g/mol. The normalized spacial score (nSPS) is 12.6. The molecule has 50 heavy (non-hydrogen) atoms. The minimum absolute atomic E-state index is 0.446. The molecule has 2 heteroatoms. The molecule has 0 aliphatic heterocycles. The van der Waals surface area contributed by atoms with Gasteiger partial charge in [-0.2, -0.15) is 0 Å². The molecule has 2 nitrogen and oxygen atoms in total. The van der Waals surface area contributed by atoms with Crippen molar-refractivity contribution in [1.29, 1.82) is 0 Å². The number of rotatable bonds is 23. The fraction of sp³-hybridized carbons (Fsp3) is 0.500. The quantitative estimate of drug-likeness (QED) is 0.0608. The number of anilines is 2. The summed E-state index contributed by atoms with van der Waals surface area (Å²) in [6.45, 7) is 8.93. The van der Waals surface area contributed by atoms with Crippen LogP contribution in [0.25, 0.3) is 0 Å². The highest BCUT2D eigenvalue weighted by molar-refractivity contribution is 5.49. The smallest absolute Gasteiger partial charge is 0.0316 e. The van der Waals surface area contributed by atoms with Gasteiger partial charge in [0.25, 0.3) is 0 Å². The van der Waals surface area contributed by atoms with Crippen molar-refractivity contribution < 1.29 is 0 Å². The molecule has 0 heterocycles. The number of nitrogen functional groups attached to an aromatic ring is 2. The first-order valence-corrected chi connectivity index (χ1v) is 20.3. The summed E-state index contributed by atoms with van der Waals surface area (Å²) in [6, 6.07) is 31.6. The molecular formula is C48H68N2. The van der Waals surface area contributed by atoms with Gasteiger partial charge in [-0.05, 0) is 121 Å². The van der Waals surface area contributed by atoms with Crippen molar-refractivity contribution in [3.63, 3.8) is 0 Å². The molecule has 4 rings (SSSR count). The van der Waals surface area contributed by atoms with Gasteiger partial charge in [0.05, 0.1) is 0 Å². The lowest BCUT2D eigenvalue weighted by molar-refractivity contribution is 0.533. The van der Waals surface area contributed by atoms with Crippen molar-refractivity contribution in [3.8, 4) is 0 Å². The van der Waals surface area contributed by atoms with Crippen LogP contribution in [-0.4, -0.2) is 0 Å². The Bertz CT molecular complexity index is 1400. The first kappa shape index (κ1) is 39.3. The Morgan fingerprint density at radius 1 is 0.400 bits per heavy atom. The lowest BCUT2D eigenvalue weighted by atomic mass is 9.86. The third kappa shape index (κ3) is 12.7. The largest absolute Gasteiger partial charge is 0.399 e. The maximum Gasteiger partial charge on any atom is 0.0316 e. The van der Waals surface area contributed by atoms with Gasteiger partial charge >= 0.3 is 0 Å². The van der Waals surface area contributed by atoms with Crippen LogP contribution in [0.1, 0.15) is 173 Å². The van der Waals surface area contributed by atoms with Crippen molar-refractivity contribution in [2.45, 2.75) is 155 Å². The molecule has 4 aromatic carbocycles. The Kier molecular flexibility index (Phi) is 17.0. The van der Waals surface area contributed by atoms with Gasteiger partial charge in [0.2, 0.25) is 0 Å². The van der Waals surface area contributed by atoms with Crippen LogP contribution >= 0.6 is 0 Å². The van der Waals surface area contributed by atoms with Gasteiger partial charge in [-0.25, -0.2) is 0 Å². The maximum atomic E-state index is 5.99. The Morgan fingerprint density at radius 3 is 0.980 bits per heavy atom. The van der Waals surface area contributed by atoms with E-state index in [4.69, 9.17) is 11.5 Å². The van der Waals surface area contributed by atoms with Crippen molar-refractivity contribution in [1.82, 2.24) is 0 Å². The highest BCUT2D eigenvalue weighted by Crippen LogP contribution is 2.33. The standard InChI is InChI=1S/C48H68N2/c1-5-45(47-33-31-43(49)35-37(47)3)41-27-23-39(24-28-41)21-19-17-15-13-11-9-7-8-10-12-14-16-18-20-22-40-25-29-42(30-26-40)46(6-2)48-34-32-44(50)36-38(48)4/h23-36,45-46H,5-22,49-50H2,1-4H3. The lowest BCUT2D eigenvalue weighted by Gasteiger charge is -2.19. The average Bonchev–Trinajstić information content (AvgIpc) is 3.11. The number of benzene rings is 4. The highest BCUT2D eigenvalue weighted by Gasteiger charge is 2.16. The number of hydrogen-bond donors (Lipinski definition) is 2. The van der Waals surface area contributed by atoms with Crippen molar-refractivity contribution >= 4 is 11.4 Å². The summed E-state index contributed by atoms with van der Waals surface area (Å²) in [5.74, 6) is 0.891.